The summed E-state index contributed by atoms with van der Waals surface area (Å²) in [6, 6.07) is 0. The van der Waals surface area contributed by atoms with Crippen LogP contribution in [0.25, 0.3) is 0 Å². The lowest BCUT2D eigenvalue weighted by Crippen LogP contribution is -2.21. The van der Waals surface area contributed by atoms with Crippen molar-refractivity contribution < 1.29 is 0 Å². The summed E-state index contributed by atoms with van der Waals surface area (Å²) in [7, 11) is 0. The van der Waals surface area contributed by atoms with Crippen molar-refractivity contribution in [3.8, 4) is 0 Å². The minimum Gasteiger partial charge on any atom is -0.294 e. The molecular weight excluding hydrogens is 118 g/mol. The van der Waals surface area contributed by atoms with Crippen molar-refractivity contribution in [2.45, 2.75) is 25.8 Å². The first-order chi connectivity index (χ1) is 3.68. The van der Waals surface area contributed by atoms with E-state index < -0.39 is 0 Å². The molecule has 0 unspecified atom stereocenters. The van der Waals surface area contributed by atoms with Crippen molar-refractivity contribution in [2.75, 3.05) is 5.75 Å². The normalized spacial score (nSPS) is 17.4. The van der Waals surface area contributed by atoms with Gasteiger partial charge in [-0.25, -0.2) is 0 Å². The van der Waals surface area contributed by atoms with E-state index in [1.807, 2.05) is 6.92 Å². The SMILES string of the molecule is C=N[C@@](C)(CC)CS. The van der Waals surface area contributed by atoms with Crippen LogP contribution in [-0.2, 0) is 0 Å². The molecule has 0 bridgehead atoms. The molecule has 1 atom stereocenters. The van der Waals surface area contributed by atoms with Gasteiger partial charge in [-0.15, -0.1) is 0 Å². The van der Waals surface area contributed by atoms with Crippen LogP contribution in [0, 0.1) is 0 Å². The summed E-state index contributed by atoms with van der Waals surface area (Å²) in [6.45, 7) is 7.61. The average Bonchev–Trinajstić information content (AvgIpc) is 1.87. The van der Waals surface area contributed by atoms with Crippen LogP contribution in [0.15, 0.2) is 4.99 Å². The lowest BCUT2D eigenvalue weighted by Gasteiger charge is -2.18. The molecule has 0 fully saturated rings. The van der Waals surface area contributed by atoms with E-state index in [4.69, 9.17) is 0 Å². The van der Waals surface area contributed by atoms with Gasteiger partial charge in [0.25, 0.3) is 0 Å². The number of hydrogen-bond donors (Lipinski definition) is 1. The summed E-state index contributed by atoms with van der Waals surface area (Å²) < 4.78 is 0. The minimum absolute atomic E-state index is 0.00309. The van der Waals surface area contributed by atoms with Gasteiger partial charge < -0.3 is 0 Å². The maximum Gasteiger partial charge on any atom is 0.0657 e. The number of rotatable bonds is 3. The van der Waals surface area contributed by atoms with Gasteiger partial charge >= 0.3 is 0 Å². The molecule has 0 aromatic rings. The highest BCUT2D eigenvalue weighted by Gasteiger charge is 2.15. The molecule has 1 nitrogen and oxygen atoms in total. The summed E-state index contributed by atoms with van der Waals surface area (Å²) in [4.78, 5) is 3.93. The highest BCUT2D eigenvalue weighted by molar-refractivity contribution is 7.80. The predicted octanol–water partition coefficient (Wildman–Crippen LogP) is 1.79. The Labute approximate surface area is 56.6 Å². The second-order valence-electron chi connectivity index (χ2n) is 2.17. The first-order valence-electron chi connectivity index (χ1n) is 2.77. The molecule has 0 amide bonds. The van der Waals surface area contributed by atoms with Crippen molar-refractivity contribution in [1.82, 2.24) is 0 Å². The first-order valence-corrected chi connectivity index (χ1v) is 3.40. The molecule has 0 saturated heterocycles. The fourth-order valence-corrected chi connectivity index (χ4v) is 0.597. The zero-order valence-electron chi connectivity index (χ0n) is 5.52. The van der Waals surface area contributed by atoms with E-state index in [9.17, 15) is 0 Å². The van der Waals surface area contributed by atoms with Crippen molar-refractivity contribution in [1.29, 1.82) is 0 Å². The summed E-state index contributed by atoms with van der Waals surface area (Å²) in [6.07, 6.45) is 1.01. The number of thiol groups is 1. The molecule has 0 aliphatic rings. The first kappa shape index (κ1) is 8.02. The van der Waals surface area contributed by atoms with Gasteiger partial charge in [-0.3, -0.25) is 4.99 Å². The van der Waals surface area contributed by atoms with Gasteiger partial charge in [0.15, 0.2) is 0 Å². The van der Waals surface area contributed by atoms with Crippen LogP contribution in [-0.4, -0.2) is 18.0 Å². The molecule has 0 saturated carbocycles. The van der Waals surface area contributed by atoms with Crippen molar-refractivity contribution in [2.24, 2.45) is 4.99 Å². The van der Waals surface area contributed by atoms with E-state index in [1.165, 1.54) is 0 Å². The van der Waals surface area contributed by atoms with E-state index in [-0.39, 0.29) is 5.54 Å². The van der Waals surface area contributed by atoms with Crippen LogP contribution < -0.4 is 0 Å². The van der Waals surface area contributed by atoms with Crippen LogP contribution in [0.2, 0.25) is 0 Å². The van der Waals surface area contributed by atoms with Crippen LogP contribution in [0.1, 0.15) is 20.3 Å². The molecular formula is C6H13NS. The fraction of sp³-hybridized carbons (Fsp3) is 0.833. The van der Waals surface area contributed by atoms with E-state index in [1.54, 1.807) is 0 Å². The Hall–Kier alpha value is 0.0200. The Morgan fingerprint density at radius 3 is 2.25 bits per heavy atom. The Morgan fingerprint density at radius 2 is 2.25 bits per heavy atom. The molecule has 0 aliphatic carbocycles. The molecule has 0 aliphatic heterocycles. The fourth-order valence-electron chi connectivity index (χ4n) is 0.274. The quantitative estimate of drug-likeness (QED) is 0.443. The molecule has 0 aromatic carbocycles. The Kier molecular flexibility index (Phi) is 3.13. The number of hydrogen-bond acceptors (Lipinski definition) is 2. The van der Waals surface area contributed by atoms with Crippen molar-refractivity contribution in [3.05, 3.63) is 0 Å². The van der Waals surface area contributed by atoms with Crippen molar-refractivity contribution >= 4 is 19.3 Å². The van der Waals surface area contributed by atoms with Crippen molar-refractivity contribution in [3.63, 3.8) is 0 Å². The zero-order chi connectivity index (χ0) is 6.62. The van der Waals surface area contributed by atoms with E-state index in [2.05, 4.69) is 31.3 Å². The Balaban J connectivity index is 3.76. The minimum atomic E-state index is 0.00309. The van der Waals surface area contributed by atoms with E-state index in [0.29, 0.717) is 0 Å². The smallest absolute Gasteiger partial charge is 0.0657 e. The lowest BCUT2D eigenvalue weighted by molar-refractivity contribution is 0.520. The molecule has 0 heterocycles. The topological polar surface area (TPSA) is 12.4 Å². The number of nitrogens with zero attached hydrogens (tertiary/aromatic N) is 1. The second-order valence-corrected chi connectivity index (χ2v) is 2.48. The highest BCUT2D eigenvalue weighted by atomic mass is 32.1. The van der Waals surface area contributed by atoms with Gasteiger partial charge in [-0.1, -0.05) is 6.92 Å². The van der Waals surface area contributed by atoms with Crippen LogP contribution in [0.4, 0.5) is 0 Å². The van der Waals surface area contributed by atoms with Gasteiger partial charge in [-0.2, -0.15) is 12.6 Å². The average molecular weight is 131 g/mol. The zero-order valence-corrected chi connectivity index (χ0v) is 6.41. The van der Waals surface area contributed by atoms with Crippen LogP contribution in [0.3, 0.4) is 0 Å². The summed E-state index contributed by atoms with van der Waals surface area (Å²) in [5.41, 5.74) is 0.00309. The molecule has 48 valence electrons. The maximum absolute atomic E-state index is 4.13. The largest absolute Gasteiger partial charge is 0.294 e. The molecule has 0 radical (unpaired) electrons. The standard InChI is InChI=1S/C6H13NS/c1-4-6(2,5-8)7-3/h8H,3-5H2,1-2H3/t6-/m0/s1. The maximum atomic E-state index is 4.13. The second kappa shape index (κ2) is 3.13. The van der Waals surface area contributed by atoms with E-state index in [0.717, 1.165) is 12.2 Å². The Bertz CT molecular complexity index is 76.6. The molecule has 0 N–H and O–H groups in total. The molecule has 0 spiro atoms. The number of aliphatic imine (C=N–C) groups is 1. The lowest BCUT2D eigenvalue weighted by atomic mass is 10.0. The predicted molar refractivity (Wildman–Crippen MR) is 42.1 cm³/mol. The summed E-state index contributed by atoms with van der Waals surface area (Å²) in [5.74, 6) is 0.785. The Morgan fingerprint density at radius 1 is 1.75 bits per heavy atom. The molecule has 2 heteroatoms. The highest BCUT2D eigenvalue weighted by Crippen LogP contribution is 2.14. The summed E-state index contributed by atoms with van der Waals surface area (Å²) >= 11 is 4.13. The van der Waals surface area contributed by atoms with Gasteiger partial charge in [-0.05, 0) is 20.1 Å². The third kappa shape index (κ3) is 1.86. The van der Waals surface area contributed by atoms with Gasteiger partial charge in [0.2, 0.25) is 0 Å². The van der Waals surface area contributed by atoms with E-state index >= 15 is 0 Å². The van der Waals surface area contributed by atoms with Crippen LogP contribution in [0.5, 0.6) is 0 Å². The van der Waals surface area contributed by atoms with Gasteiger partial charge in [0, 0.05) is 5.75 Å². The molecule has 0 rings (SSSR count). The summed E-state index contributed by atoms with van der Waals surface area (Å²) in [5, 5.41) is 0. The van der Waals surface area contributed by atoms with Crippen LogP contribution >= 0.6 is 12.6 Å². The monoisotopic (exact) mass is 131 g/mol. The third-order valence-electron chi connectivity index (χ3n) is 1.48. The molecule has 8 heavy (non-hydrogen) atoms. The van der Waals surface area contributed by atoms with Gasteiger partial charge in [0.1, 0.15) is 0 Å². The molecule has 0 aromatic heterocycles. The third-order valence-corrected chi connectivity index (χ3v) is 2.17. The van der Waals surface area contributed by atoms with Gasteiger partial charge in [0.05, 0.1) is 5.54 Å².